The number of rotatable bonds is 3. The first-order valence-corrected chi connectivity index (χ1v) is 5.68. The second kappa shape index (κ2) is 4.77. The van der Waals surface area contributed by atoms with E-state index in [-0.39, 0.29) is 12.1 Å². The molecule has 0 bridgehead atoms. The molecule has 82 valence electrons. The first kappa shape index (κ1) is 10.7. The molecule has 15 heavy (non-hydrogen) atoms. The summed E-state index contributed by atoms with van der Waals surface area (Å²) in [5.74, 6) is 0. The van der Waals surface area contributed by atoms with Gasteiger partial charge in [0.25, 0.3) is 0 Å². The zero-order valence-corrected chi connectivity index (χ0v) is 9.28. The highest BCUT2D eigenvalue weighted by atomic mass is 16.5. The first-order valence-electron chi connectivity index (χ1n) is 5.68. The fraction of sp³-hybridized carbons (Fsp3) is 0.538. The van der Waals surface area contributed by atoms with Crippen molar-refractivity contribution in [3.05, 3.63) is 35.4 Å². The van der Waals surface area contributed by atoms with Gasteiger partial charge in [-0.15, -0.1) is 0 Å². The molecule has 0 saturated heterocycles. The van der Waals surface area contributed by atoms with Gasteiger partial charge < -0.3 is 10.5 Å². The van der Waals surface area contributed by atoms with Crippen LogP contribution in [-0.4, -0.2) is 12.1 Å². The summed E-state index contributed by atoms with van der Waals surface area (Å²) in [6.07, 6.45) is 3.71. The third-order valence-corrected chi connectivity index (χ3v) is 3.09. The average Bonchev–Trinajstić information content (AvgIpc) is 2.63. The maximum absolute atomic E-state index is 5.94. The molecule has 2 N–H and O–H groups in total. The van der Waals surface area contributed by atoms with Crippen LogP contribution in [0.15, 0.2) is 24.3 Å². The third kappa shape index (κ3) is 2.80. The Kier molecular flexibility index (Phi) is 3.39. The molecule has 0 aliphatic heterocycles. The lowest BCUT2D eigenvalue weighted by molar-refractivity contribution is 0.0357. The quantitative estimate of drug-likeness (QED) is 0.822. The molecule has 0 heterocycles. The number of nitrogens with two attached hydrogens (primary N) is 1. The van der Waals surface area contributed by atoms with Gasteiger partial charge in [0.2, 0.25) is 0 Å². The molecular formula is C13H19NO. The molecule has 2 nitrogen and oxygen atoms in total. The summed E-state index contributed by atoms with van der Waals surface area (Å²) in [6.45, 7) is 2.79. The van der Waals surface area contributed by atoms with E-state index in [4.69, 9.17) is 10.5 Å². The van der Waals surface area contributed by atoms with Crippen molar-refractivity contribution in [1.29, 1.82) is 0 Å². The van der Waals surface area contributed by atoms with Crippen molar-refractivity contribution in [2.24, 2.45) is 5.73 Å². The molecule has 1 unspecified atom stereocenters. The third-order valence-electron chi connectivity index (χ3n) is 3.09. The maximum atomic E-state index is 5.94. The minimum atomic E-state index is 0.246. The first-order chi connectivity index (χ1) is 7.25. The second-order valence-electron chi connectivity index (χ2n) is 4.43. The summed E-state index contributed by atoms with van der Waals surface area (Å²) in [4.78, 5) is 0. The van der Waals surface area contributed by atoms with E-state index in [1.807, 2.05) is 0 Å². The van der Waals surface area contributed by atoms with Crippen molar-refractivity contribution in [2.75, 3.05) is 0 Å². The van der Waals surface area contributed by atoms with Crippen molar-refractivity contribution >= 4 is 0 Å². The average molecular weight is 205 g/mol. The van der Waals surface area contributed by atoms with Crippen molar-refractivity contribution in [1.82, 2.24) is 0 Å². The predicted octanol–water partition coefficient (Wildman–Crippen LogP) is 2.39. The van der Waals surface area contributed by atoms with E-state index in [1.54, 1.807) is 0 Å². The van der Waals surface area contributed by atoms with Crippen molar-refractivity contribution in [2.45, 2.75) is 44.9 Å². The normalized spacial score (nSPS) is 25.7. The number of benzene rings is 1. The van der Waals surface area contributed by atoms with Crippen LogP contribution in [0.4, 0.5) is 0 Å². The number of ether oxygens (including phenoxy) is 1. The Morgan fingerprint density at radius 2 is 2.00 bits per heavy atom. The highest BCUT2D eigenvalue weighted by Gasteiger charge is 2.24. The van der Waals surface area contributed by atoms with Crippen LogP contribution in [-0.2, 0) is 11.3 Å². The molecule has 1 aromatic carbocycles. The SMILES string of the molecule is Cc1ccc(CO[C@H]2CCCC2N)cc1. The lowest BCUT2D eigenvalue weighted by Crippen LogP contribution is -2.31. The Hall–Kier alpha value is -0.860. The van der Waals surface area contributed by atoms with Crippen LogP contribution in [0.5, 0.6) is 0 Å². The highest BCUT2D eigenvalue weighted by molar-refractivity contribution is 5.20. The van der Waals surface area contributed by atoms with Gasteiger partial charge in [0, 0.05) is 6.04 Å². The van der Waals surface area contributed by atoms with Crippen LogP contribution in [0.2, 0.25) is 0 Å². The molecule has 1 aliphatic rings. The predicted molar refractivity (Wildman–Crippen MR) is 61.6 cm³/mol. The number of hydrogen-bond donors (Lipinski definition) is 1. The molecule has 1 fully saturated rings. The van der Waals surface area contributed by atoms with Gasteiger partial charge in [0.15, 0.2) is 0 Å². The van der Waals surface area contributed by atoms with E-state index < -0.39 is 0 Å². The van der Waals surface area contributed by atoms with Gasteiger partial charge in [-0.25, -0.2) is 0 Å². The fourth-order valence-electron chi connectivity index (χ4n) is 2.05. The molecular weight excluding hydrogens is 186 g/mol. The second-order valence-corrected chi connectivity index (χ2v) is 4.43. The monoisotopic (exact) mass is 205 g/mol. The number of hydrogen-bond acceptors (Lipinski definition) is 2. The van der Waals surface area contributed by atoms with Crippen LogP contribution in [0.25, 0.3) is 0 Å². The fourth-order valence-corrected chi connectivity index (χ4v) is 2.05. The topological polar surface area (TPSA) is 35.2 Å². The van der Waals surface area contributed by atoms with Crippen molar-refractivity contribution in [3.63, 3.8) is 0 Å². The van der Waals surface area contributed by atoms with Gasteiger partial charge >= 0.3 is 0 Å². The largest absolute Gasteiger partial charge is 0.372 e. The summed E-state index contributed by atoms with van der Waals surface area (Å²) in [5.41, 5.74) is 8.47. The van der Waals surface area contributed by atoms with E-state index >= 15 is 0 Å². The van der Waals surface area contributed by atoms with Crippen LogP contribution in [0.1, 0.15) is 30.4 Å². The van der Waals surface area contributed by atoms with Crippen LogP contribution in [0, 0.1) is 6.92 Å². The van der Waals surface area contributed by atoms with E-state index in [0.717, 1.165) is 12.8 Å². The minimum absolute atomic E-state index is 0.246. The van der Waals surface area contributed by atoms with Crippen molar-refractivity contribution < 1.29 is 4.74 Å². The molecule has 1 aliphatic carbocycles. The smallest absolute Gasteiger partial charge is 0.0730 e. The van der Waals surface area contributed by atoms with Crippen LogP contribution in [0.3, 0.4) is 0 Å². The number of aryl methyl sites for hydroxylation is 1. The van der Waals surface area contributed by atoms with Gasteiger partial charge in [-0.2, -0.15) is 0 Å². The highest BCUT2D eigenvalue weighted by Crippen LogP contribution is 2.21. The molecule has 2 rings (SSSR count). The van der Waals surface area contributed by atoms with Crippen molar-refractivity contribution in [3.8, 4) is 0 Å². The minimum Gasteiger partial charge on any atom is -0.372 e. The van der Waals surface area contributed by atoms with E-state index in [0.29, 0.717) is 6.61 Å². The van der Waals surface area contributed by atoms with E-state index in [1.165, 1.54) is 17.5 Å². The van der Waals surface area contributed by atoms with Gasteiger partial charge in [-0.1, -0.05) is 29.8 Å². The zero-order valence-electron chi connectivity index (χ0n) is 9.28. The molecule has 0 amide bonds. The Bertz CT molecular complexity index is 307. The van der Waals surface area contributed by atoms with E-state index in [9.17, 15) is 0 Å². The molecule has 1 saturated carbocycles. The van der Waals surface area contributed by atoms with Crippen LogP contribution >= 0.6 is 0 Å². The summed E-state index contributed by atoms with van der Waals surface area (Å²) < 4.78 is 5.82. The standard InChI is InChI=1S/C13H19NO/c1-10-5-7-11(8-6-10)9-15-13-4-2-3-12(13)14/h5-8,12-13H,2-4,9,14H2,1H3/t12?,13-/m0/s1. The van der Waals surface area contributed by atoms with Gasteiger partial charge in [-0.05, 0) is 31.7 Å². The maximum Gasteiger partial charge on any atom is 0.0730 e. The Morgan fingerprint density at radius 1 is 1.27 bits per heavy atom. The van der Waals surface area contributed by atoms with Crippen LogP contribution < -0.4 is 5.73 Å². The molecule has 1 aromatic rings. The molecule has 2 atom stereocenters. The van der Waals surface area contributed by atoms with Gasteiger partial charge in [0.05, 0.1) is 12.7 Å². The van der Waals surface area contributed by atoms with E-state index in [2.05, 4.69) is 31.2 Å². The van der Waals surface area contributed by atoms with Gasteiger partial charge in [-0.3, -0.25) is 0 Å². The summed E-state index contributed by atoms with van der Waals surface area (Å²) in [5, 5.41) is 0. The summed E-state index contributed by atoms with van der Waals surface area (Å²) in [7, 11) is 0. The lowest BCUT2D eigenvalue weighted by Gasteiger charge is -2.16. The summed E-state index contributed by atoms with van der Waals surface area (Å²) >= 11 is 0. The Balaban J connectivity index is 1.85. The van der Waals surface area contributed by atoms with Gasteiger partial charge in [0.1, 0.15) is 0 Å². The Labute approximate surface area is 91.4 Å². The Morgan fingerprint density at radius 3 is 2.60 bits per heavy atom. The lowest BCUT2D eigenvalue weighted by atomic mass is 10.1. The summed E-state index contributed by atoms with van der Waals surface area (Å²) in [6, 6.07) is 8.72. The molecule has 0 aromatic heterocycles. The molecule has 0 radical (unpaired) electrons. The molecule has 2 heteroatoms. The molecule has 0 spiro atoms. The zero-order chi connectivity index (χ0) is 10.7.